The van der Waals surface area contributed by atoms with Crippen LogP contribution in [0.4, 0.5) is 0 Å². The zero-order valence-corrected chi connectivity index (χ0v) is 18.8. The van der Waals surface area contributed by atoms with E-state index in [4.69, 9.17) is 0 Å². The molecule has 1 atom stereocenters. The number of rotatable bonds is 19. The summed E-state index contributed by atoms with van der Waals surface area (Å²) in [7, 11) is 0. The third-order valence-electron chi connectivity index (χ3n) is 5.26. The van der Waals surface area contributed by atoms with Crippen molar-refractivity contribution >= 4 is 28.9 Å². The smallest absolute Gasteiger partial charge is 0.202 e. The average molecular weight is 399 g/mol. The third kappa shape index (κ3) is 13.2. The fraction of sp³-hybridized carbons (Fsp3) is 0.870. The molecule has 0 heterocycles. The lowest BCUT2D eigenvalue weighted by molar-refractivity contribution is -0.130. The molecule has 0 amide bonds. The Morgan fingerprint density at radius 3 is 1.78 bits per heavy atom. The van der Waals surface area contributed by atoms with E-state index in [1.165, 1.54) is 70.1 Å². The molecule has 1 unspecified atom stereocenters. The minimum atomic E-state index is -0.954. The quantitative estimate of drug-likeness (QED) is 0.135. The van der Waals surface area contributed by atoms with E-state index in [1.54, 1.807) is 0 Å². The Morgan fingerprint density at radius 1 is 0.778 bits per heavy atom. The molecule has 0 spiro atoms. The van der Waals surface area contributed by atoms with Gasteiger partial charge in [-0.25, -0.2) is 0 Å². The van der Waals surface area contributed by atoms with Crippen LogP contribution in [0.25, 0.3) is 0 Å². The van der Waals surface area contributed by atoms with Gasteiger partial charge in [-0.2, -0.15) is 0 Å². The second-order valence-electron chi connectivity index (χ2n) is 7.90. The Labute approximate surface area is 171 Å². The molecule has 0 aromatic carbocycles. The van der Waals surface area contributed by atoms with Crippen molar-refractivity contribution in [3.05, 3.63) is 0 Å². The van der Waals surface area contributed by atoms with E-state index in [0.29, 0.717) is 19.3 Å². The van der Waals surface area contributed by atoms with Gasteiger partial charge in [0.2, 0.25) is 5.12 Å². The summed E-state index contributed by atoms with van der Waals surface area (Å²) in [6, 6.07) is 0. The summed E-state index contributed by atoms with van der Waals surface area (Å²) < 4.78 is 0. The summed E-state index contributed by atoms with van der Waals surface area (Å²) in [5.74, 6) is 0.835. The van der Waals surface area contributed by atoms with E-state index in [9.17, 15) is 14.4 Å². The van der Waals surface area contributed by atoms with Crippen LogP contribution in [-0.4, -0.2) is 22.9 Å². The SMILES string of the molecule is CCCCCCCCCCCCSC(=O)C(C=O)(CCCC)CCC(C)=O. The molecule has 0 saturated carbocycles. The predicted octanol–water partition coefficient (Wildman–Crippen LogP) is 6.91. The van der Waals surface area contributed by atoms with Gasteiger partial charge in [0.25, 0.3) is 0 Å². The van der Waals surface area contributed by atoms with Gasteiger partial charge in [-0.15, -0.1) is 0 Å². The predicted molar refractivity (Wildman–Crippen MR) is 117 cm³/mol. The van der Waals surface area contributed by atoms with Crippen molar-refractivity contribution in [1.82, 2.24) is 0 Å². The number of hydrogen-bond donors (Lipinski definition) is 0. The number of ketones is 1. The van der Waals surface area contributed by atoms with Gasteiger partial charge in [0, 0.05) is 12.2 Å². The molecule has 0 bridgehead atoms. The highest BCUT2D eigenvalue weighted by Gasteiger charge is 2.37. The number of carbonyl (C=O) groups excluding carboxylic acids is 3. The van der Waals surface area contributed by atoms with Crippen molar-refractivity contribution in [2.24, 2.45) is 5.41 Å². The van der Waals surface area contributed by atoms with Crippen molar-refractivity contribution < 1.29 is 14.4 Å². The molecular weight excluding hydrogens is 356 g/mol. The fourth-order valence-electron chi connectivity index (χ4n) is 3.28. The molecule has 0 saturated heterocycles. The van der Waals surface area contributed by atoms with E-state index in [2.05, 4.69) is 13.8 Å². The maximum Gasteiger partial charge on any atom is 0.202 e. The van der Waals surface area contributed by atoms with Crippen LogP contribution in [0, 0.1) is 5.41 Å². The highest BCUT2D eigenvalue weighted by molar-refractivity contribution is 8.13. The Morgan fingerprint density at radius 2 is 1.30 bits per heavy atom. The van der Waals surface area contributed by atoms with Gasteiger partial charge in [0.15, 0.2) is 0 Å². The molecule has 0 aliphatic rings. The molecule has 0 rings (SSSR count). The number of unbranched alkanes of at least 4 members (excludes halogenated alkanes) is 10. The Balaban J connectivity index is 4.04. The molecule has 0 N–H and O–H groups in total. The van der Waals surface area contributed by atoms with Gasteiger partial charge in [-0.3, -0.25) is 4.79 Å². The van der Waals surface area contributed by atoms with Gasteiger partial charge in [-0.05, 0) is 26.2 Å². The molecule has 0 aliphatic heterocycles. The summed E-state index contributed by atoms with van der Waals surface area (Å²) >= 11 is 1.31. The number of thioether (sulfide) groups is 1. The minimum Gasteiger partial charge on any atom is -0.302 e. The number of hydrogen-bond acceptors (Lipinski definition) is 4. The van der Waals surface area contributed by atoms with E-state index >= 15 is 0 Å². The van der Waals surface area contributed by atoms with Gasteiger partial charge < -0.3 is 9.59 Å². The zero-order chi connectivity index (χ0) is 20.4. The van der Waals surface area contributed by atoms with Crippen molar-refractivity contribution in [1.29, 1.82) is 0 Å². The van der Waals surface area contributed by atoms with Gasteiger partial charge >= 0.3 is 0 Å². The van der Waals surface area contributed by atoms with E-state index in [-0.39, 0.29) is 10.9 Å². The Kier molecular flexibility index (Phi) is 17.0. The summed E-state index contributed by atoms with van der Waals surface area (Å²) in [6.45, 7) is 5.83. The van der Waals surface area contributed by atoms with Crippen molar-refractivity contribution in [2.45, 2.75) is 117 Å². The summed E-state index contributed by atoms with van der Waals surface area (Å²) in [6.07, 6.45) is 16.7. The summed E-state index contributed by atoms with van der Waals surface area (Å²) in [5, 5.41) is -0.0249. The molecule has 4 heteroatoms. The molecule has 0 fully saturated rings. The maximum atomic E-state index is 12.7. The van der Waals surface area contributed by atoms with Gasteiger partial charge in [-0.1, -0.05) is 96.2 Å². The number of aldehydes is 1. The standard InChI is InChI=1S/C23H42O3S/c1-4-6-8-9-10-11-12-13-14-15-19-27-22(26)23(20-24,17-7-5-2)18-16-21(3)25/h20H,4-19H2,1-3H3. The van der Waals surface area contributed by atoms with Crippen LogP contribution in [0.15, 0.2) is 0 Å². The van der Waals surface area contributed by atoms with Crippen molar-refractivity contribution in [2.75, 3.05) is 5.75 Å². The first-order valence-corrected chi connectivity index (χ1v) is 12.1. The van der Waals surface area contributed by atoms with Crippen LogP contribution in [0.5, 0.6) is 0 Å². The molecular formula is C23H42O3S. The van der Waals surface area contributed by atoms with E-state index in [0.717, 1.165) is 37.7 Å². The monoisotopic (exact) mass is 398 g/mol. The summed E-state index contributed by atoms with van der Waals surface area (Å²) in [4.78, 5) is 35.8. The second-order valence-corrected chi connectivity index (χ2v) is 8.97. The number of Topliss-reactive ketones (excluding diaryl/α,β-unsaturated/α-hetero) is 1. The van der Waals surface area contributed by atoms with Crippen LogP contribution in [0.1, 0.15) is 117 Å². The van der Waals surface area contributed by atoms with Crippen LogP contribution in [0.3, 0.4) is 0 Å². The Hall–Kier alpha value is -0.640. The van der Waals surface area contributed by atoms with Crippen molar-refractivity contribution in [3.8, 4) is 0 Å². The first-order chi connectivity index (χ1) is 13.0. The van der Waals surface area contributed by atoms with E-state index < -0.39 is 5.41 Å². The lowest BCUT2D eigenvalue weighted by Gasteiger charge is -2.25. The first kappa shape index (κ1) is 26.4. The second kappa shape index (κ2) is 17.5. The Bertz CT molecular complexity index is 408. The minimum absolute atomic E-state index is 0.0249. The molecule has 0 aromatic rings. The average Bonchev–Trinajstić information content (AvgIpc) is 2.66. The largest absolute Gasteiger partial charge is 0.302 e. The lowest BCUT2D eigenvalue weighted by atomic mass is 9.80. The topological polar surface area (TPSA) is 51.2 Å². The van der Waals surface area contributed by atoms with Crippen LogP contribution in [0.2, 0.25) is 0 Å². The molecule has 3 nitrogen and oxygen atoms in total. The van der Waals surface area contributed by atoms with Gasteiger partial charge in [0.1, 0.15) is 12.1 Å². The first-order valence-electron chi connectivity index (χ1n) is 11.2. The fourth-order valence-corrected chi connectivity index (χ4v) is 4.36. The van der Waals surface area contributed by atoms with Crippen LogP contribution >= 0.6 is 11.8 Å². The van der Waals surface area contributed by atoms with Crippen molar-refractivity contribution in [3.63, 3.8) is 0 Å². The lowest BCUT2D eigenvalue weighted by Crippen LogP contribution is -2.32. The molecule has 0 radical (unpaired) electrons. The van der Waals surface area contributed by atoms with Crippen LogP contribution < -0.4 is 0 Å². The third-order valence-corrected chi connectivity index (χ3v) is 6.42. The summed E-state index contributed by atoms with van der Waals surface area (Å²) in [5.41, 5.74) is -0.954. The van der Waals surface area contributed by atoms with E-state index in [1.807, 2.05) is 0 Å². The zero-order valence-electron chi connectivity index (χ0n) is 18.0. The molecule has 0 aliphatic carbocycles. The van der Waals surface area contributed by atoms with Gasteiger partial charge in [0.05, 0.1) is 5.41 Å². The van der Waals surface area contributed by atoms with Crippen LogP contribution in [-0.2, 0) is 14.4 Å². The maximum absolute atomic E-state index is 12.7. The normalized spacial score (nSPS) is 13.3. The highest BCUT2D eigenvalue weighted by atomic mass is 32.2. The molecule has 158 valence electrons. The highest BCUT2D eigenvalue weighted by Crippen LogP contribution is 2.34. The number of carbonyl (C=O) groups is 3. The molecule has 27 heavy (non-hydrogen) atoms. The molecule has 0 aromatic heterocycles.